The summed E-state index contributed by atoms with van der Waals surface area (Å²) < 4.78 is 6.14. The molecule has 0 spiro atoms. The van der Waals surface area contributed by atoms with Gasteiger partial charge in [0.2, 0.25) is 5.91 Å². The van der Waals surface area contributed by atoms with Crippen molar-refractivity contribution in [3.05, 3.63) is 94.1 Å². The van der Waals surface area contributed by atoms with Crippen LogP contribution in [-0.4, -0.2) is 11.8 Å². The van der Waals surface area contributed by atoms with Crippen molar-refractivity contribution in [3.63, 3.8) is 0 Å². The normalized spacial score (nSPS) is 10.9. The molecular weight excluding hydrogens is 428 g/mol. The first kappa shape index (κ1) is 23.0. The molecule has 3 aromatic carbocycles. The molecule has 0 atom stereocenters. The van der Waals surface area contributed by atoms with Crippen molar-refractivity contribution >= 4 is 34.2 Å². The fourth-order valence-corrected chi connectivity index (χ4v) is 3.77. The molecule has 0 saturated carbocycles. The van der Waals surface area contributed by atoms with E-state index in [1.807, 2.05) is 44.2 Å². The zero-order valence-electron chi connectivity index (χ0n) is 19.3. The predicted molar refractivity (Wildman–Crippen MR) is 135 cm³/mol. The maximum absolute atomic E-state index is 13.1. The predicted octanol–water partition coefficient (Wildman–Crippen LogP) is 6.01. The van der Waals surface area contributed by atoms with E-state index >= 15 is 0 Å². The first-order chi connectivity index (χ1) is 16.3. The van der Waals surface area contributed by atoms with Crippen LogP contribution in [0.1, 0.15) is 36.2 Å². The number of amides is 2. The van der Waals surface area contributed by atoms with Crippen LogP contribution in [0.4, 0.5) is 11.4 Å². The highest BCUT2D eigenvalue weighted by molar-refractivity contribution is 6.11. The Labute approximate surface area is 197 Å². The van der Waals surface area contributed by atoms with Gasteiger partial charge in [0.1, 0.15) is 5.76 Å². The smallest absolute Gasteiger partial charge is 0.259 e. The summed E-state index contributed by atoms with van der Waals surface area (Å²) in [6.07, 6.45) is 0.440. The van der Waals surface area contributed by atoms with Crippen molar-refractivity contribution in [1.29, 1.82) is 0 Å². The number of rotatable bonds is 6. The molecule has 0 unspecified atom stereocenters. The van der Waals surface area contributed by atoms with Gasteiger partial charge in [-0.25, -0.2) is 0 Å². The van der Waals surface area contributed by atoms with Gasteiger partial charge in [-0.2, -0.15) is 0 Å². The molecule has 0 saturated heterocycles. The molecule has 34 heavy (non-hydrogen) atoms. The molecule has 1 aromatic heterocycles. The summed E-state index contributed by atoms with van der Waals surface area (Å²) in [6.45, 7) is 5.69. The molecule has 2 N–H and O–H groups in total. The van der Waals surface area contributed by atoms with Crippen LogP contribution in [-0.2, 0) is 4.79 Å². The lowest BCUT2D eigenvalue weighted by atomic mass is 10.0. The van der Waals surface area contributed by atoms with Gasteiger partial charge in [-0.3, -0.25) is 14.4 Å². The van der Waals surface area contributed by atoms with Crippen molar-refractivity contribution in [2.75, 3.05) is 10.6 Å². The van der Waals surface area contributed by atoms with E-state index in [4.69, 9.17) is 4.42 Å². The fraction of sp³-hybridized carbons (Fsp3) is 0.179. The molecular formula is C28H26N2O4. The van der Waals surface area contributed by atoms with Crippen LogP contribution >= 0.6 is 0 Å². The van der Waals surface area contributed by atoms with Gasteiger partial charge in [-0.15, -0.1) is 0 Å². The summed E-state index contributed by atoms with van der Waals surface area (Å²) in [4.78, 5) is 38.1. The number of carbonyl (C=O) groups excluding carboxylic acids is 2. The van der Waals surface area contributed by atoms with E-state index in [0.29, 0.717) is 34.5 Å². The Hall–Kier alpha value is -4.19. The Morgan fingerprint density at radius 2 is 1.50 bits per heavy atom. The average molecular weight is 455 g/mol. The number of carbonyl (C=O) groups is 2. The van der Waals surface area contributed by atoms with Crippen LogP contribution in [0.5, 0.6) is 0 Å². The summed E-state index contributed by atoms with van der Waals surface area (Å²) in [6, 6.07) is 21.2. The van der Waals surface area contributed by atoms with E-state index in [9.17, 15) is 14.4 Å². The zero-order chi connectivity index (χ0) is 24.2. The van der Waals surface area contributed by atoms with Gasteiger partial charge in [0.15, 0.2) is 11.0 Å². The first-order valence-corrected chi connectivity index (χ1v) is 11.2. The summed E-state index contributed by atoms with van der Waals surface area (Å²) in [5.74, 6) is 0.264. The van der Waals surface area contributed by atoms with Crippen molar-refractivity contribution in [2.24, 2.45) is 5.92 Å². The fourth-order valence-electron chi connectivity index (χ4n) is 3.77. The molecule has 0 aliphatic heterocycles. The van der Waals surface area contributed by atoms with Crippen LogP contribution in [0.25, 0.3) is 22.3 Å². The third-order valence-corrected chi connectivity index (χ3v) is 5.45. The summed E-state index contributed by atoms with van der Waals surface area (Å²) in [5.41, 5.74) is 2.81. The zero-order valence-corrected chi connectivity index (χ0v) is 19.3. The molecule has 4 aromatic rings. The summed E-state index contributed by atoms with van der Waals surface area (Å²) in [5, 5.41) is 6.04. The topological polar surface area (TPSA) is 88.4 Å². The number of para-hydroxylation sites is 1. The van der Waals surface area contributed by atoms with Crippen molar-refractivity contribution < 1.29 is 14.0 Å². The molecule has 0 fully saturated rings. The average Bonchev–Trinajstić information content (AvgIpc) is 2.82. The van der Waals surface area contributed by atoms with Crippen LogP contribution < -0.4 is 16.1 Å². The first-order valence-electron chi connectivity index (χ1n) is 11.2. The van der Waals surface area contributed by atoms with E-state index in [-0.39, 0.29) is 28.4 Å². The largest absolute Gasteiger partial charge is 0.455 e. The SMILES string of the molecule is Cc1c(-c2ccccc2)oc2c(C(=O)Nc3ccc(NC(=O)CC(C)C)cc3)cccc2c1=O. The standard InChI is InChI=1S/C28H26N2O4/c1-17(2)16-24(31)29-20-12-14-21(15-13-20)30-28(33)23-11-7-10-22-25(32)18(3)26(34-27(22)23)19-8-5-4-6-9-19/h4-15,17H,16H2,1-3H3,(H,29,31)(H,30,33). The molecule has 172 valence electrons. The van der Waals surface area contributed by atoms with E-state index in [1.165, 1.54) is 0 Å². The number of hydrogen-bond donors (Lipinski definition) is 2. The molecule has 0 aliphatic rings. The molecule has 6 nitrogen and oxygen atoms in total. The lowest BCUT2D eigenvalue weighted by Gasteiger charge is -2.11. The highest BCUT2D eigenvalue weighted by Gasteiger charge is 2.18. The highest BCUT2D eigenvalue weighted by atomic mass is 16.3. The van der Waals surface area contributed by atoms with E-state index in [1.54, 1.807) is 49.4 Å². The quantitative estimate of drug-likeness (QED) is 0.374. The third kappa shape index (κ3) is 4.91. The summed E-state index contributed by atoms with van der Waals surface area (Å²) >= 11 is 0. The van der Waals surface area contributed by atoms with Gasteiger partial charge < -0.3 is 15.1 Å². The van der Waals surface area contributed by atoms with Crippen LogP contribution in [0, 0.1) is 12.8 Å². The molecule has 0 bridgehead atoms. The van der Waals surface area contributed by atoms with Gasteiger partial charge in [0.05, 0.1) is 10.9 Å². The number of hydrogen-bond acceptors (Lipinski definition) is 4. The lowest BCUT2D eigenvalue weighted by Crippen LogP contribution is -2.15. The maximum Gasteiger partial charge on any atom is 0.259 e. The Bertz CT molecular complexity index is 1400. The summed E-state index contributed by atoms with van der Waals surface area (Å²) in [7, 11) is 0. The Morgan fingerprint density at radius 1 is 0.853 bits per heavy atom. The minimum atomic E-state index is -0.395. The molecule has 1 heterocycles. The van der Waals surface area contributed by atoms with Crippen molar-refractivity contribution in [2.45, 2.75) is 27.2 Å². The second-order valence-corrected chi connectivity index (χ2v) is 8.61. The van der Waals surface area contributed by atoms with Crippen molar-refractivity contribution in [3.8, 4) is 11.3 Å². The van der Waals surface area contributed by atoms with E-state index in [2.05, 4.69) is 10.6 Å². The van der Waals surface area contributed by atoms with Crippen molar-refractivity contribution in [1.82, 2.24) is 0 Å². The van der Waals surface area contributed by atoms with Gasteiger partial charge in [-0.1, -0.05) is 50.2 Å². The minimum absolute atomic E-state index is 0.0536. The van der Waals surface area contributed by atoms with Crippen LogP contribution in [0.15, 0.2) is 82.0 Å². The van der Waals surface area contributed by atoms with Crippen LogP contribution in [0.3, 0.4) is 0 Å². The molecule has 4 rings (SSSR count). The Morgan fingerprint density at radius 3 is 2.15 bits per heavy atom. The Kier molecular flexibility index (Phi) is 6.59. The monoisotopic (exact) mass is 454 g/mol. The number of fused-ring (bicyclic) bond motifs is 1. The number of anilines is 2. The molecule has 0 aliphatic carbocycles. The van der Waals surface area contributed by atoms with Gasteiger partial charge in [-0.05, 0) is 49.2 Å². The third-order valence-electron chi connectivity index (χ3n) is 5.45. The molecule has 6 heteroatoms. The van der Waals surface area contributed by atoms with Crippen LogP contribution in [0.2, 0.25) is 0 Å². The molecule has 0 radical (unpaired) electrons. The second-order valence-electron chi connectivity index (χ2n) is 8.61. The van der Waals surface area contributed by atoms with Gasteiger partial charge >= 0.3 is 0 Å². The lowest BCUT2D eigenvalue weighted by molar-refractivity contribution is -0.116. The maximum atomic E-state index is 13.1. The van der Waals surface area contributed by atoms with E-state index < -0.39 is 5.91 Å². The molecule has 2 amide bonds. The second kappa shape index (κ2) is 9.75. The van der Waals surface area contributed by atoms with Gasteiger partial charge in [0, 0.05) is 28.9 Å². The highest BCUT2D eigenvalue weighted by Crippen LogP contribution is 2.28. The minimum Gasteiger partial charge on any atom is -0.455 e. The Balaban J connectivity index is 1.62. The number of nitrogens with one attached hydrogen (secondary N) is 2. The van der Waals surface area contributed by atoms with Gasteiger partial charge in [0.25, 0.3) is 5.91 Å². The number of benzene rings is 3. The van der Waals surface area contributed by atoms with E-state index in [0.717, 1.165) is 5.56 Å².